The number of aryl methyl sites for hydroxylation is 2. The number of hydrogen-bond acceptors (Lipinski definition) is 4. The standard InChI is InChI=1S/C21H25N3O4S/c1-15-7-9-19(10-8-15)29(26,27)24-13-17-11-23(12-18(14-24)28-17)21(25)22-20-6-4-3-5-16(20)2/h3-10,17-18H,11-14H2,1-2H3,(H,22,25)/t17-,18+. The van der Waals surface area contributed by atoms with Crippen LogP contribution in [-0.2, 0) is 14.8 Å². The van der Waals surface area contributed by atoms with Gasteiger partial charge in [-0.1, -0.05) is 35.9 Å². The zero-order chi connectivity index (χ0) is 20.6. The van der Waals surface area contributed by atoms with E-state index in [1.807, 2.05) is 38.1 Å². The first-order valence-corrected chi connectivity index (χ1v) is 11.1. The van der Waals surface area contributed by atoms with E-state index in [-0.39, 0.29) is 36.2 Å². The maximum atomic E-state index is 13.0. The number of rotatable bonds is 3. The van der Waals surface area contributed by atoms with Crippen LogP contribution in [0, 0.1) is 13.8 Å². The van der Waals surface area contributed by atoms with E-state index in [1.54, 1.807) is 29.2 Å². The zero-order valence-corrected chi connectivity index (χ0v) is 17.4. The van der Waals surface area contributed by atoms with Gasteiger partial charge in [0.1, 0.15) is 0 Å². The summed E-state index contributed by atoms with van der Waals surface area (Å²) in [6, 6.07) is 14.3. The van der Waals surface area contributed by atoms with Gasteiger partial charge in [-0.15, -0.1) is 0 Å². The van der Waals surface area contributed by atoms with Gasteiger partial charge in [0, 0.05) is 18.8 Å². The Morgan fingerprint density at radius 3 is 2.21 bits per heavy atom. The number of para-hydroxylation sites is 1. The van der Waals surface area contributed by atoms with Crippen molar-refractivity contribution in [2.75, 3.05) is 31.5 Å². The van der Waals surface area contributed by atoms with E-state index < -0.39 is 10.0 Å². The summed E-state index contributed by atoms with van der Waals surface area (Å²) in [4.78, 5) is 14.7. The number of urea groups is 1. The molecule has 2 amide bonds. The summed E-state index contributed by atoms with van der Waals surface area (Å²) >= 11 is 0. The highest BCUT2D eigenvalue weighted by Gasteiger charge is 2.41. The number of fused-ring (bicyclic) bond motifs is 2. The third-order valence-electron chi connectivity index (χ3n) is 5.38. The van der Waals surface area contributed by atoms with Crippen molar-refractivity contribution in [2.24, 2.45) is 0 Å². The van der Waals surface area contributed by atoms with Gasteiger partial charge in [-0.2, -0.15) is 4.31 Å². The topological polar surface area (TPSA) is 79.0 Å². The maximum absolute atomic E-state index is 13.0. The molecule has 2 aromatic carbocycles. The van der Waals surface area contributed by atoms with Gasteiger partial charge in [0.05, 0.1) is 30.2 Å². The van der Waals surface area contributed by atoms with Gasteiger partial charge in [0.2, 0.25) is 10.0 Å². The Balaban J connectivity index is 1.44. The summed E-state index contributed by atoms with van der Waals surface area (Å²) in [5.74, 6) is 0. The predicted molar refractivity (Wildman–Crippen MR) is 110 cm³/mol. The molecule has 0 radical (unpaired) electrons. The Bertz CT molecular complexity index is 993. The minimum absolute atomic E-state index is 0.188. The molecule has 0 spiro atoms. The second-order valence-electron chi connectivity index (χ2n) is 7.67. The van der Waals surface area contributed by atoms with Crippen molar-refractivity contribution in [3.05, 3.63) is 59.7 Å². The summed E-state index contributed by atoms with van der Waals surface area (Å²) in [5, 5.41) is 2.94. The number of amides is 2. The van der Waals surface area contributed by atoms with E-state index in [0.717, 1.165) is 16.8 Å². The molecule has 8 heteroatoms. The zero-order valence-electron chi connectivity index (χ0n) is 16.5. The lowest BCUT2D eigenvalue weighted by Gasteiger charge is -2.45. The van der Waals surface area contributed by atoms with Gasteiger partial charge in [-0.25, -0.2) is 13.2 Å². The Morgan fingerprint density at radius 2 is 1.59 bits per heavy atom. The van der Waals surface area contributed by atoms with Crippen LogP contribution < -0.4 is 5.32 Å². The molecule has 154 valence electrons. The molecule has 2 atom stereocenters. The van der Waals surface area contributed by atoms with Gasteiger partial charge in [0.15, 0.2) is 0 Å². The smallest absolute Gasteiger partial charge is 0.322 e. The predicted octanol–water partition coefficient (Wildman–Crippen LogP) is 2.61. The SMILES string of the molecule is Cc1ccc(S(=O)(=O)N2C[C@H]3CN(C(=O)Nc4ccccc4C)C[C@@H](C2)O3)cc1. The number of ether oxygens (including phenoxy) is 1. The molecule has 2 aromatic rings. The minimum atomic E-state index is -3.58. The van der Waals surface area contributed by atoms with Crippen molar-refractivity contribution in [3.63, 3.8) is 0 Å². The molecule has 2 saturated heterocycles. The van der Waals surface area contributed by atoms with Crippen molar-refractivity contribution >= 4 is 21.7 Å². The number of benzene rings is 2. The summed E-state index contributed by atoms with van der Waals surface area (Å²) in [7, 11) is -3.58. The lowest BCUT2D eigenvalue weighted by Crippen LogP contribution is -2.61. The largest absolute Gasteiger partial charge is 0.369 e. The number of nitrogens with zero attached hydrogens (tertiary/aromatic N) is 2. The molecular weight excluding hydrogens is 390 g/mol. The Morgan fingerprint density at radius 1 is 0.966 bits per heavy atom. The number of carbonyl (C=O) groups is 1. The van der Waals surface area contributed by atoms with Crippen LogP contribution in [0.15, 0.2) is 53.4 Å². The molecule has 29 heavy (non-hydrogen) atoms. The van der Waals surface area contributed by atoms with E-state index in [9.17, 15) is 13.2 Å². The van der Waals surface area contributed by atoms with E-state index >= 15 is 0 Å². The molecule has 4 rings (SSSR count). The lowest BCUT2D eigenvalue weighted by atomic mass is 10.1. The van der Waals surface area contributed by atoms with Crippen molar-refractivity contribution < 1.29 is 17.9 Å². The number of anilines is 1. The summed E-state index contributed by atoms with van der Waals surface area (Å²) < 4.78 is 33.4. The number of carbonyl (C=O) groups excluding carboxylic acids is 1. The fourth-order valence-electron chi connectivity index (χ4n) is 3.78. The molecule has 7 nitrogen and oxygen atoms in total. The Labute approximate surface area is 171 Å². The van der Waals surface area contributed by atoms with Crippen LogP contribution in [0.3, 0.4) is 0 Å². The third-order valence-corrected chi connectivity index (χ3v) is 7.23. The minimum Gasteiger partial charge on any atom is -0.369 e. The van der Waals surface area contributed by atoms with Crippen LogP contribution in [-0.4, -0.2) is 62.0 Å². The van der Waals surface area contributed by atoms with Crippen molar-refractivity contribution in [3.8, 4) is 0 Å². The molecular formula is C21H25N3O4S. The number of sulfonamides is 1. The van der Waals surface area contributed by atoms with E-state index in [0.29, 0.717) is 13.1 Å². The number of hydrogen-bond donors (Lipinski definition) is 1. The van der Waals surface area contributed by atoms with Gasteiger partial charge in [0.25, 0.3) is 0 Å². The highest BCUT2D eigenvalue weighted by atomic mass is 32.2. The summed E-state index contributed by atoms with van der Waals surface area (Å²) in [5.41, 5.74) is 2.78. The monoisotopic (exact) mass is 415 g/mol. The normalized spacial score (nSPS) is 22.3. The first kappa shape index (κ1) is 19.9. The second-order valence-corrected chi connectivity index (χ2v) is 9.60. The fourth-order valence-corrected chi connectivity index (χ4v) is 5.29. The van der Waals surface area contributed by atoms with Gasteiger partial charge in [-0.3, -0.25) is 0 Å². The fraction of sp³-hybridized carbons (Fsp3) is 0.381. The second kappa shape index (κ2) is 7.78. The van der Waals surface area contributed by atoms with Gasteiger partial charge in [-0.05, 0) is 37.6 Å². The molecule has 0 aromatic heterocycles. The Kier molecular flexibility index (Phi) is 5.33. The van der Waals surface area contributed by atoms with Crippen molar-refractivity contribution in [2.45, 2.75) is 31.0 Å². The van der Waals surface area contributed by atoms with Crippen molar-refractivity contribution in [1.82, 2.24) is 9.21 Å². The van der Waals surface area contributed by atoms with E-state index in [2.05, 4.69) is 5.32 Å². The molecule has 2 aliphatic heterocycles. The average Bonchev–Trinajstić information content (AvgIpc) is 2.69. The highest BCUT2D eigenvalue weighted by molar-refractivity contribution is 7.89. The first-order chi connectivity index (χ1) is 13.8. The van der Waals surface area contributed by atoms with Crippen molar-refractivity contribution in [1.29, 1.82) is 0 Å². The van der Waals surface area contributed by atoms with E-state index in [4.69, 9.17) is 4.74 Å². The molecule has 0 saturated carbocycles. The summed E-state index contributed by atoms with van der Waals surface area (Å²) in [6.45, 7) is 5.05. The summed E-state index contributed by atoms with van der Waals surface area (Å²) in [6.07, 6.45) is -0.685. The first-order valence-electron chi connectivity index (χ1n) is 9.67. The van der Waals surface area contributed by atoms with E-state index in [1.165, 1.54) is 4.31 Å². The number of nitrogens with one attached hydrogen (secondary N) is 1. The van der Waals surface area contributed by atoms with Crippen LogP contribution in [0.4, 0.5) is 10.5 Å². The van der Waals surface area contributed by atoms with Crippen LogP contribution in [0.1, 0.15) is 11.1 Å². The molecule has 2 heterocycles. The molecule has 0 unspecified atom stereocenters. The Hall–Kier alpha value is -2.42. The van der Waals surface area contributed by atoms with Gasteiger partial charge >= 0.3 is 6.03 Å². The molecule has 0 aliphatic carbocycles. The molecule has 2 fully saturated rings. The van der Waals surface area contributed by atoms with Crippen LogP contribution in [0.25, 0.3) is 0 Å². The molecule has 2 bridgehead atoms. The van der Waals surface area contributed by atoms with Crippen LogP contribution in [0.5, 0.6) is 0 Å². The maximum Gasteiger partial charge on any atom is 0.322 e. The van der Waals surface area contributed by atoms with Crippen LogP contribution in [0.2, 0.25) is 0 Å². The number of morpholine rings is 2. The average molecular weight is 416 g/mol. The lowest BCUT2D eigenvalue weighted by molar-refractivity contribution is -0.110. The third kappa shape index (κ3) is 4.14. The quantitative estimate of drug-likeness (QED) is 0.836. The van der Waals surface area contributed by atoms with Crippen LogP contribution >= 0.6 is 0 Å². The molecule has 2 aliphatic rings. The highest BCUT2D eigenvalue weighted by Crippen LogP contribution is 2.26. The molecule has 1 N–H and O–H groups in total. The van der Waals surface area contributed by atoms with Gasteiger partial charge < -0.3 is 15.0 Å².